The minimum Gasteiger partial charge on any atom is -0.456 e. The fourth-order valence-electron chi connectivity index (χ4n) is 9.48. The lowest BCUT2D eigenvalue weighted by Gasteiger charge is -2.39. The van der Waals surface area contributed by atoms with E-state index in [9.17, 15) is 39.6 Å². The van der Waals surface area contributed by atoms with E-state index in [1.807, 2.05) is 26.0 Å². The third kappa shape index (κ3) is 10.9. The van der Waals surface area contributed by atoms with Gasteiger partial charge in [-0.1, -0.05) is 44.6 Å². The average Bonchev–Trinajstić information content (AvgIpc) is 3.42. The van der Waals surface area contributed by atoms with E-state index in [-0.39, 0.29) is 43.1 Å². The van der Waals surface area contributed by atoms with Crippen LogP contribution in [0.4, 0.5) is 0 Å². The first-order valence-corrected chi connectivity index (χ1v) is 21.0. The van der Waals surface area contributed by atoms with Gasteiger partial charge in [0.05, 0.1) is 30.3 Å². The average molecular weight is 820 g/mol. The zero-order valence-corrected chi connectivity index (χ0v) is 35.7. The number of esters is 1. The molecule has 0 radical (unpaired) electrons. The van der Waals surface area contributed by atoms with Gasteiger partial charge < -0.3 is 49.0 Å². The molecule has 3 fully saturated rings. The molecule has 1 amide bonds. The van der Waals surface area contributed by atoms with Crippen molar-refractivity contribution in [3.05, 3.63) is 36.0 Å². The second-order valence-electron chi connectivity index (χ2n) is 17.3. The number of rotatable bonds is 7. The van der Waals surface area contributed by atoms with Gasteiger partial charge >= 0.3 is 11.8 Å². The standard InChI is InChI=1S/C44H69NO13/c1-10-13-30-19-24(2)18-25(3)20-36(55-8)37(49)40(56-9)39-28(6)41(50)44(53,58-39)43(52)45-17-12-11-14-31(45)42(51)57-38(27(5)33(47)23-34(30)48)26(4)21-29-15-16-32(46)35(22-29)54-7/h10,19,21,25,27-33,35-40,46-47,49,53H,1,11-18,20,22-23H2,2-9H3/b24-19+,26-21+/t25-,27+,28?,29-,30+,31-,32+,33-,35+,36-,37-,38+,39?,40+,44?/m0/s1. The highest BCUT2D eigenvalue weighted by atomic mass is 16.7. The molecule has 3 unspecified atom stereocenters. The van der Waals surface area contributed by atoms with Gasteiger partial charge in [0.1, 0.15) is 36.2 Å². The Morgan fingerprint density at radius 1 is 0.948 bits per heavy atom. The number of allylic oxidation sites excluding steroid dienone is 4. The molecule has 2 bridgehead atoms. The first-order valence-electron chi connectivity index (χ1n) is 21.0. The summed E-state index contributed by atoms with van der Waals surface area (Å²) < 4.78 is 29.1. The Bertz CT molecular complexity index is 1510. The van der Waals surface area contributed by atoms with Gasteiger partial charge in [-0.25, -0.2) is 4.79 Å². The lowest BCUT2D eigenvalue weighted by Crippen LogP contribution is -2.60. The van der Waals surface area contributed by atoms with Crippen molar-refractivity contribution in [3.8, 4) is 0 Å². The van der Waals surface area contributed by atoms with Crippen molar-refractivity contribution in [2.75, 3.05) is 27.9 Å². The molecule has 0 aromatic carbocycles. The molecule has 4 N–H and O–H groups in total. The maximum absolute atomic E-state index is 14.3. The Labute approximate surface area is 343 Å². The molecule has 0 aromatic rings. The number of ether oxygens (including phenoxy) is 5. The molecule has 328 valence electrons. The predicted molar refractivity (Wildman–Crippen MR) is 214 cm³/mol. The van der Waals surface area contributed by atoms with E-state index in [1.165, 1.54) is 21.1 Å². The number of nitrogens with zero attached hydrogens (tertiary/aromatic N) is 1. The Morgan fingerprint density at radius 3 is 2.28 bits per heavy atom. The fraction of sp³-hybridized carbons (Fsp3) is 0.773. The molecular formula is C44H69NO13. The number of fused-ring (bicyclic) bond motifs is 3. The van der Waals surface area contributed by atoms with Crippen LogP contribution >= 0.6 is 0 Å². The molecule has 2 saturated heterocycles. The summed E-state index contributed by atoms with van der Waals surface area (Å²) in [5, 5.41) is 45.6. The summed E-state index contributed by atoms with van der Waals surface area (Å²) in [6.45, 7) is 12.8. The molecule has 1 saturated carbocycles. The zero-order chi connectivity index (χ0) is 43.1. The van der Waals surface area contributed by atoms with Crippen LogP contribution in [0.5, 0.6) is 0 Å². The number of amides is 1. The topological polar surface area (TPSA) is 199 Å². The van der Waals surface area contributed by atoms with E-state index >= 15 is 0 Å². The number of aliphatic hydroxyl groups is 4. The molecule has 3 aliphatic heterocycles. The van der Waals surface area contributed by atoms with Gasteiger partial charge in [-0.3, -0.25) is 14.4 Å². The van der Waals surface area contributed by atoms with Crippen molar-refractivity contribution < 1.29 is 63.3 Å². The number of cyclic esters (lactones) is 1. The van der Waals surface area contributed by atoms with Crippen molar-refractivity contribution in [2.24, 2.45) is 29.6 Å². The van der Waals surface area contributed by atoms with E-state index in [1.54, 1.807) is 27.0 Å². The van der Waals surface area contributed by atoms with Gasteiger partial charge in [0.15, 0.2) is 0 Å². The van der Waals surface area contributed by atoms with E-state index < -0.39 is 90.0 Å². The largest absolute Gasteiger partial charge is 0.456 e. The molecular weight excluding hydrogens is 750 g/mol. The van der Waals surface area contributed by atoms with Crippen LogP contribution in [0.15, 0.2) is 36.0 Å². The van der Waals surface area contributed by atoms with Crippen LogP contribution < -0.4 is 0 Å². The van der Waals surface area contributed by atoms with Gasteiger partial charge in [-0.15, -0.1) is 6.58 Å². The van der Waals surface area contributed by atoms with Crippen molar-refractivity contribution in [1.82, 2.24) is 4.90 Å². The minimum absolute atomic E-state index is 0.0309. The highest BCUT2D eigenvalue weighted by Crippen LogP contribution is 2.38. The Hall–Kier alpha value is -2.82. The summed E-state index contributed by atoms with van der Waals surface area (Å²) in [4.78, 5) is 57.5. The van der Waals surface area contributed by atoms with Crippen LogP contribution in [0.2, 0.25) is 0 Å². The Morgan fingerprint density at radius 2 is 1.64 bits per heavy atom. The first-order chi connectivity index (χ1) is 27.4. The molecule has 4 aliphatic rings. The van der Waals surface area contributed by atoms with Gasteiger partial charge in [-0.2, -0.15) is 0 Å². The second kappa shape index (κ2) is 21.1. The van der Waals surface area contributed by atoms with Crippen LogP contribution in [0.25, 0.3) is 0 Å². The highest BCUT2D eigenvalue weighted by molar-refractivity contribution is 6.10. The molecule has 4 rings (SSSR count). The highest BCUT2D eigenvalue weighted by Gasteiger charge is 2.62. The summed E-state index contributed by atoms with van der Waals surface area (Å²) in [5.74, 6) is -8.50. The van der Waals surface area contributed by atoms with Crippen LogP contribution in [0, 0.1) is 29.6 Å². The van der Waals surface area contributed by atoms with Gasteiger partial charge in [0.25, 0.3) is 5.91 Å². The summed E-state index contributed by atoms with van der Waals surface area (Å²) in [7, 11) is 4.34. The van der Waals surface area contributed by atoms with E-state index in [4.69, 9.17) is 23.7 Å². The Balaban J connectivity index is 1.78. The van der Waals surface area contributed by atoms with Crippen LogP contribution in [-0.2, 0) is 42.9 Å². The van der Waals surface area contributed by atoms with E-state index in [0.29, 0.717) is 56.9 Å². The molecule has 14 heteroatoms. The quantitative estimate of drug-likeness (QED) is 0.165. The number of hydrogen-bond acceptors (Lipinski definition) is 13. The third-order valence-electron chi connectivity index (χ3n) is 12.9. The lowest BCUT2D eigenvalue weighted by molar-refractivity contribution is -0.229. The zero-order valence-electron chi connectivity index (χ0n) is 35.7. The molecule has 14 nitrogen and oxygen atoms in total. The SMILES string of the molecule is C=CC[C@@H]1/C=C(\C)C[C@H](C)C[C@H](OC)[C@H](O)[C@@H](OC)C2OC(O)(C(=O)C2C)C(=O)N2CCCC[C@H]2C(=O)O[C@H](/C(C)=C/[C@@H]2CC[C@@H](O)[C@H](OC)C2)[C@H](C)[C@@H](O)CC1=O. The monoisotopic (exact) mass is 819 g/mol. The van der Waals surface area contributed by atoms with E-state index in [2.05, 4.69) is 6.58 Å². The summed E-state index contributed by atoms with van der Waals surface area (Å²) in [5.41, 5.74) is 1.55. The number of ketones is 2. The van der Waals surface area contributed by atoms with Crippen LogP contribution in [-0.4, -0.2) is 137 Å². The number of hydrogen-bond donors (Lipinski definition) is 4. The van der Waals surface area contributed by atoms with Gasteiger partial charge in [0, 0.05) is 46.1 Å². The number of carbonyl (C=O) groups excluding carboxylic acids is 4. The number of aliphatic hydroxyl groups excluding tert-OH is 3. The Kier molecular flexibility index (Phi) is 17.4. The summed E-state index contributed by atoms with van der Waals surface area (Å²) >= 11 is 0. The summed E-state index contributed by atoms with van der Waals surface area (Å²) in [6, 6.07) is -1.20. The van der Waals surface area contributed by atoms with Gasteiger partial charge in [0.2, 0.25) is 5.78 Å². The molecule has 1 aliphatic carbocycles. The smallest absolute Gasteiger partial charge is 0.329 e. The maximum atomic E-state index is 14.3. The molecule has 15 atom stereocenters. The first kappa shape index (κ1) is 47.9. The van der Waals surface area contributed by atoms with Gasteiger partial charge in [-0.05, 0) is 89.0 Å². The number of Topliss-reactive ketones (excluding diaryl/α,β-unsaturated/α-hetero) is 2. The molecule has 3 heterocycles. The van der Waals surface area contributed by atoms with E-state index in [0.717, 1.165) is 10.5 Å². The van der Waals surface area contributed by atoms with Crippen molar-refractivity contribution in [2.45, 2.75) is 159 Å². The van der Waals surface area contributed by atoms with Crippen molar-refractivity contribution in [3.63, 3.8) is 0 Å². The fourth-order valence-corrected chi connectivity index (χ4v) is 9.48. The number of carbonyl (C=O) groups is 4. The lowest BCUT2D eigenvalue weighted by atomic mass is 9.81. The summed E-state index contributed by atoms with van der Waals surface area (Å²) in [6.07, 6.45) is 1.70. The minimum atomic E-state index is -2.96. The number of piperidine rings is 1. The number of methoxy groups -OCH3 is 3. The third-order valence-corrected chi connectivity index (χ3v) is 12.9. The normalized spacial score (nSPS) is 41.8. The molecule has 58 heavy (non-hydrogen) atoms. The molecule has 0 spiro atoms. The maximum Gasteiger partial charge on any atom is 0.329 e. The second-order valence-corrected chi connectivity index (χ2v) is 17.3. The molecule has 0 aromatic heterocycles. The van der Waals surface area contributed by atoms with Crippen molar-refractivity contribution in [1.29, 1.82) is 0 Å². The van der Waals surface area contributed by atoms with Crippen LogP contribution in [0.3, 0.4) is 0 Å². The van der Waals surface area contributed by atoms with Crippen LogP contribution in [0.1, 0.15) is 98.8 Å². The predicted octanol–water partition coefficient (Wildman–Crippen LogP) is 3.61. The van der Waals surface area contributed by atoms with Crippen molar-refractivity contribution >= 4 is 23.4 Å².